The maximum atomic E-state index is 5.12. The SMILES string of the molecule is COc1ccc(C=Cc2cccc(C)c2)cc1. The third-order valence-corrected chi connectivity index (χ3v) is 2.63. The summed E-state index contributed by atoms with van der Waals surface area (Å²) in [6, 6.07) is 16.5. The topological polar surface area (TPSA) is 9.23 Å². The van der Waals surface area contributed by atoms with Crippen LogP contribution in [0.2, 0.25) is 0 Å². The lowest BCUT2D eigenvalue weighted by atomic mass is 10.1. The average molecular weight is 224 g/mol. The molecule has 0 heterocycles. The van der Waals surface area contributed by atoms with Crippen LogP contribution in [0.1, 0.15) is 16.7 Å². The zero-order valence-electron chi connectivity index (χ0n) is 10.2. The van der Waals surface area contributed by atoms with Crippen LogP contribution in [0, 0.1) is 6.92 Å². The van der Waals surface area contributed by atoms with E-state index in [2.05, 4.69) is 43.3 Å². The van der Waals surface area contributed by atoms with Crippen molar-refractivity contribution in [1.29, 1.82) is 0 Å². The molecular weight excluding hydrogens is 208 g/mol. The van der Waals surface area contributed by atoms with Crippen molar-refractivity contribution in [3.8, 4) is 5.75 Å². The van der Waals surface area contributed by atoms with Gasteiger partial charge in [0, 0.05) is 0 Å². The van der Waals surface area contributed by atoms with E-state index in [0.717, 1.165) is 5.75 Å². The molecule has 0 aliphatic rings. The van der Waals surface area contributed by atoms with Crippen LogP contribution in [0.4, 0.5) is 0 Å². The lowest BCUT2D eigenvalue weighted by Gasteiger charge is -1.99. The van der Waals surface area contributed by atoms with Gasteiger partial charge >= 0.3 is 0 Å². The lowest BCUT2D eigenvalue weighted by Crippen LogP contribution is -1.81. The van der Waals surface area contributed by atoms with Gasteiger partial charge in [-0.2, -0.15) is 0 Å². The Morgan fingerprint density at radius 1 is 0.882 bits per heavy atom. The summed E-state index contributed by atoms with van der Waals surface area (Å²) in [7, 11) is 1.68. The van der Waals surface area contributed by atoms with Crippen molar-refractivity contribution in [2.24, 2.45) is 0 Å². The van der Waals surface area contributed by atoms with E-state index in [9.17, 15) is 0 Å². The van der Waals surface area contributed by atoms with Crippen molar-refractivity contribution >= 4 is 12.2 Å². The maximum absolute atomic E-state index is 5.12. The summed E-state index contributed by atoms with van der Waals surface area (Å²) in [4.78, 5) is 0. The molecule has 0 fully saturated rings. The predicted octanol–water partition coefficient (Wildman–Crippen LogP) is 4.17. The molecule has 0 aromatic heterocycles. The molecule has 0 amide bonds. The van der Waals surface area contributed by atoms with Crippen LogP contribution < -0.4 is 4.74 Å². The van der Waals surface area contributed by atoms with E-state index in [0.29, 0.717) is 0 Å². The first-order valence-corrected chi connectivity index (χ1v) is 5.67. The van der Waals surface area contributed by atoms with Crippen LogP contribution in [-0.2, 0) is 0 Å². The Labute approximate surface area is 102 Å². The second-order valence-corrected chi connectivity index (χ2v) is 4.02. The standard InChI is InChI=1S/C16H16O/c1-13-4-3-5-15(12-13)7-6-14-8-10-16(17-2)11-9-14/h3-12H,1-2H3. The molecule has 0 spiro atoms. The number of methoxy groups -OCH3 is 1. The minimum atomic E-state index is 0.887. The Morgan fingerprint density at radius 2 is 1.59 bits per heavy atom. The summed E-state index contributed by atoms with van der Waals surface area (Å²) in [5.74, 6) is 0.887. The zero-order valence-corrected chi connectivity index (χ0v) is 10.2. The quantitative estimate of drug-likeness (QED) is 0.711. The Balaban J connectivity index is 2.14. The minimum Gasteiger partial charge on any atom is -0.497 e. The van der Waals surface area contributed by atoms with Crippen molar-refractivity contribution in [3.05, 3.63) is 65.2 Å². The molecule has 2 aromatic rings. The number of hydrogen-bond acceptors (Lipinski definition) is 1. The molecule has 0 saturated heterocycles. The Bertz CT molecular complexity index is 509. The van der Waals surface area contributed by atoms with Gasteiger partial charge in [-0.3, -0.25) is 0 Å². The lowest BCUT2D eigenvalue weighted by molar-refractivity contribution is 0.415. The first kappa shape index (κ1) is 11.5. The van der Waals surface area contributed by atoms with Crippen molar-refractivity contribution in [2.75, 3.05) is 7.11 Å². The van der Waals surface area contributed by atoms with E-state index in [1.807, 2.05) is 24.3 Å². The fourth-order valence-corrected chi connectivity index (χ4v) is 1.68. The van der Waals surface area contributed by atoms with Gasteiger partial charge in [0.05, 0.1) is 7.11 Å². The second kappa shape index (κ2) is 5.35. The minimum absolute atomic E-state index is 0.887. The zero-order chi connectivity index (χ0) is 12.1. The number of hydrogen-bond donors (Lipinski definition) is 0. The van der Waals surface area contributed by atoms with Crippen molar-refractivity contribution in [3.63, 3.8) is 0 Å². The van der Waals surface area contributed by atoms with Crippen LogP contribution in [-0.4, -0.2) is 7.11 Å². The molecule has 17 heavy (non-hydrogen) atoms. The molecule has 0 atom stereocenters. The van der Waals surface area contributed by atoms with Gasteiger partial charge in [-0.25, -0.2) is 0 Å². The summed E-state index contributed by atoms with van der Waals surface area (Å²) < 4.78 is 5.12. The molecule has 1 nitrogen and oxygen atoms in total. The van der Waals surface area contributed by atoms with Gasteiger partial charge in [-0.05, 0) is 30.2 Å². The number of ether oxygens (including phenoxy) is 1. The normalized spacial score (nSPS) is 10.7. The molecule has 1 heteroatoms. The van der Waals surface area contributed by atoms with Gasteiger partial charge in [0.2, 0.25) is 0 Å². The van der Waals surface area contributed by atoms with E-state index < -0.39 is 0 Å². The number of rotatable bonds is 3. The maximum Gasteiger partial charge on any atom is 0.118 e. The number of benzene rings is 2. The average Bonchev–Trinajstić information content (AvgIpc) is 2.37. The molecule has 0 radical (unpaired) electrons. The molecular formula is C16H16O. The first-order chi connectivity index (χ1) is 8.28. The van der Waals surface area contributed by atoms with Crippen LogP contribution >= 0.6 is 0 Å². The monoisotopic (exact) mass is 224 g/mol. The molecule has 0 bridgehead atoms. The van der Waals surface area contributed by atoms with Crippen LogP contribution in [0.25, 0.3) is 12.2 Å². The molecule has 0 aliphatic carbocycles. The highest BCUT2D eigenvalue weighted by Crippen LogP contribution is 2.14. The summed E-state index contributed by atoms with van der Waals surface area (Å²) in [5.41, 5.74) is 3.68. The predicted molar refractivity (Wildman–Crippen MR) is 73.1 cm³/mol. The van der Waals surface area contributed by atoms with Gasteiger partial charge in [0.25, 0.3) is 0 Å². The highest BCUT2D eigenvalue weighted by molar-refractivity contribution is 5.70. The summed E-state index contributed by atoms with van der Waals surface area (Å²) >= 11 is 0. The van der Waals surface area contributed by atoms with E-state index in [1.165, 1.54) is 16.7 Å². The summed E-state index contributed by atoms with van der Waals surface area (Å²) in [6.45, 7) is 2.10. The number of aryl methyl sites for hydroxylation is 1. The first-order valence-electron chi connectivity index (χ1n) is 5.67. The van der Waals surface area contributed by atoms with Crippen LogP contribution in [0.15, 0.2) is 48.5 Å². The van der Waals surface area contributed by atoms with Crippen LogP contribution in [0.3, 0.4) is 0 Å². The van der Waals surface area contributed by atoms with Crippen molar-refractivity contribution in [2.45, 2.75) is 6.92 Å². The Kier molecular flexibility index (Phi) is 3.61. The van der Waals surface area contributed by atoms with Crippen molar-refractivity contribution < 1.29 is 4.74 Å². The Morgan fingerprint density at radius 3 is 2.24 bits per heavy atom. The Hall–Kier alpha value is -2.02. The van der Waals surface area contributed by atoms with E-state index in [4.69, 9.17) is 4.74 Å². The van der Waals surface area contributed by atoms with Gasteiger partial charge < -0.3 is 4.74 Å². The molecule has 2 rings (SSSR count). The molecule has 0 N–H and O–H groups in total. The largest absolute Gasteiger partial charge is 0.497 e. The molecule has 2 aromatic carbocycles. The summed E-state index contributed by atoms with van der Waals surface area (Å²) in [5, 5.41) is 0. The third kappa shape index (κ3) is 3.22. The van der Waals surface area contributed by atoms with E-state index >= 15 is 0 Å². The smallest absolute Gasteiger partial charge is 0.118 e. The van der Waals surface area contributed by atoms with Gasteiger partial charge in [-0.15, -0.1) is 0 Å². The van der Waals surface area contributed by atoms with Gasteiger partial charge in [0.1, 0.15) is 5.75 Å². The fourth-order valence-electron chi connectivity index (χ4n) is 1.68. The molecule has 0 unspecified atom stereocenters. The highest BCUT2D eigenvalue weighted by atomic mass is 16.5. The van der Waals surface area contributed by atoms with E-state index in [-0.39, 0.29) is 0 Å². The van der Waals surface area contributed by atoms with Crippen molar-refractivity contribution in [1.82, 2.24) is 0 Å². The molecule has 0 saturated carbocycles. The molecule has 0 aliphatic heterocycles. The highest BCUT2D eigenvalue weighted by Gasteiger charge is 1.91. The van der Waals surface area contributed by atoms with Gasteiger partial charge in [-0.1, -0.05) is 54.1 Å². The fraction of sp³-hybridized carbons (Fsp3) is 0.125. The van der Waals surface area contributed by atoms with Crippen LogP contribution in [0.5, 0.6) is 5.75 Å². The van der Waals surface area contributed by atoms with Gasteiger partial charge in [0.15, 0.2) is 0 Å². The molecule has 86 valence electrons. The third-order valence-electron chi connectivity index (χ3n) is 2.63. The van der Waals surface area contributed by atoms with E-state index in [1.54, 1.807) is 7.11 Å². The second-order valence-electron chi connectivity index (χ2n) is 4.02. The summed E-state index contributed by atoms with van der Waals surface area (Å²) in [6.07, 6.45) is 4.23.